The average Bonchev–Trinajstić information content (AvgIpc) is 3.30. The van der Waals surface area contributed by atoms with E-state index in [9.17, 15) is 9.18 Å². The first-order valence-corrected chi connectivity index (χ1v) is 9.23. The Morgan fingerprint density at radius 1 is 1.14 bits per heavy atom. The lowest BCUT2D eigenvalue weighted by atomic mass is 10.1. The summed E-state index contributed by atoms with van der Waals surface area (Å²) in [7, 11) is 3.03. The van der Waals surface area contributed by atoms with Gasteiger partial charge in [0.2, 0.25) is 0 Å². The number of methoxy groups -OCH3 is 2. The van der Waals surface area contributed by atoms with Crippen LogP contribution in [0.25, 0.3) is 16.2 Å². The van der Waals surface area contributed by atoms with Crippen LogP contribution in [-0.4, -0.2) is 29.5 Å². The minimum Gasteiger partial charge on any atom is -0.497 e. The topological polar surface area (TPSA) is 64.9 Å². The molecule has 1 N–H and O–H groups in total. The van der Waals surface area contributed by atoms with Gasteiger partial charge in [0.15, 0.2) is 4.96 Å². The van der Waals surface area contributed by atoms with Crippen LogP contribution in [0.5, 0.6) is 11.5 Å². The molecule has 0 aliphatic heterocycles. The maximum Gasteiger partial charge on any atom is 0.260 e. The highest BCUT2D eigenvalue weighted by atomic mass is 32.1. The van der Waals surface area contributed by atoms with E-state index in [1.54, 1.807) is 34.7 Å². The lowest BCUT2D eigenvalue weighted by molar-refractivity contribution is 0.102. The highest BCUT2D eigenvalue weighted by Gasteiger charge is 2.20. The van der Waals surface area contributed by atoms with Crippen LogP contribution in [0.1, 0.15) is 10.4 Å². The quantitative estimate of drug-likeness (QED) is 0.540. The Bertz CT molecular complexity index is 1150. The molecule has 2 aromatic carbocycles. The van der Waals surface area contributed by atoms with Crippen LogP contribution in [0.3, 0.4) is 0 Å². The minimum atomic E-state index is -0.368. The zero-order chi connectivity index (χ0) is 19.7. The zero-order valence-corrected chi connectivity index (χ0v) is 15.9. The molecule has 1 amide bonds. The molecule has 4 aromatic rings. The number of halogens is 1. The fourth-order valence-corrected chi connectivity index (χ4v) is 3.59. The smallest absolute Gasteiger partial charge is 0.260 e. The fourth-order valence-electron chi connectivity index (χ4n) is 2.88. The molecule has 0 aliphatic rings. The lowest BCUT2D eigenvalue weighted by Gasteiger charge is -2.11. The number of carbonyl (C=O) groups is 1. The molecule has 0 bridgehead atoms. The number of thiazole rings is 1. The molecule has 0 spiro atoms. The predicted octanol–water partition coefficient (Wildman–Crippen LogP) is 4.47. The third-order valence-corrected chi connectivity index (χ3v) is 5.02. The number of nitrogens with one attached hydrogen (secondary N) is 1. The van der Waals surface area contributed by atoms with Crippen LogP contribution in [0.4, 0.5) is 10.2 Å². The van der Waals surface area contributed by atoms with Crippen LogP contribution in [0.15, 0.2) is 54.0 Å². The molecule has 0 aliphatic carbocycles. The van der Waals surface area contributed by atoms with Gasteiger partial charge in [-0.1, -0.05) is 0 Å². The summed E-state index contributed by atoms with van der Waals surface area (Å²) in [5.74, 6) is 0.757. The third-order valence-electron chi connectivity index (χ3n) is 4.26. The van der Waals surface area contributed by atoms with Gasteiger partial charge in [0, 0.05) is 17.1 Å². The van der Waals surface area contributed by atoms with Gasteiger partial charge < -0.3 is 14.8 Å². The molecule has 0 unspecified atom stereocenters. The number of ether oxygens (including phenoxy) is 2. The molecule has 6 nitrogen and oxygen atoms in total. The highest BCUT2D eigenvalue weighted by molar-refractivity contribution is 7.15. The summed E-state index contributed by atoms with van der Waals surface area (Å²) < 4.78 is 25.6. The Hall–Kier alpha value is -3.39. The second-order valence-electron chi connectivity index (χ2n) is 5.89. The standard InChI is InChI=1S/C20H16FN3O3S/c1-26-14-7-8-16(27-2)15(11-14)19(25)23-18-17(12-3-5-13(21)6-4-12)22-20-24(18)9-10-28-20/h3-11H,1-2H3,(H,23,25). The molecule has 0 atom stereocenters. The fraction of sp³-hybridized carbons (Fsp3) is 0.100. The first kappa shape index (κ1) is 18.0. The summed E-state index contributed by atoms with van der Waals surface area (Å²) in [4.78, 5) is 18.3. The molecule has 0 fully saturated rings. The number of fused-ring (bicyclic) bond motifs is 1. The molecular weight excluding hydrogens is 381 g/mol. The van der Waals surface area contributed by atoms with E-state index in [0.29, 0.717) is 39.1 Å². The van der Waals surface area contributed by atoms with Crippen molar-refractivity contribution in [3.8, 4) is 22.8 Å². The van der Waals surface area contributed by atoms with E-state index in [1.807, 2.05) is 11.6 Å². The number of carbonyl (C=O) groups excluding carboxylic acids is 1. The second-order valence-corrected chi connectivity index (χ2v) is 6.76. The van der Waals surface area contributed by atoms with E-state index in [-0.39, 0.29) is 11.7 Å². The Labute approximate surface area is 164 Å². The van der Waals surface area contributed by atoms with Crippen LogP contribution in [0.2, 0.25) is 0 Å². The van der Waals surface area contributed by atoms with Gasteiger partial charge in [-0.15, -0.1) is 11.3 Å². The molecular formula is C20H16FN3O3S. The lowest BCUT2D eigenvalue weighted by Crippen LogP contribution is -2.15. The van der Waals surface area contributed by atoms with Crippen molar-refractivity contribution in [2.45, 2.75) is 0 Å². The number of aromatic nitrogens is 2. The van der Waals surface area contributed by atoms with Gasteiger partial charge in [-0.05, 0) is 42.5 Å². The van der Waals surface area contributed by atoms with Crippen molar-refractivity contribution in [2.24, 2.45) is 0 Å². The van der Waals surface area contributed by atoms with Gasteiger partial charge in [-0.3, -0.25) is 9.20 Å². The maximum atomic E-state index is 13.3. The molecule has 28 heavy (non-hydrogen) atoms. The second kappa shape index (κ2) is 7.32. The number of benzene rings is 2. The first-order chi connectivity index (χ1) is 13.6. The monoisotopic (exact) mass is 397 g/mol. The number of amides is 1. The average molecular weight is 397 g/mol. The summed E-state index contributed by atoms with van der Waals surface area (Å²) in [6.07, 6.45) is 1.82. The molecule has 0 saturated carbocycles. The van der Waals surface area contributed by atoms with Gasteiger partial charge in [0.05, 0.1) is 19.8 Å². The van der Waals surface area contributed by atoms with Gasteiger partial charge in [-0.25, -0.2) is 9.37 Å². The van der Waals surface area contributed by atoms with Gasteiger partial charge in [0.1, 0.15) is 28.8 Å². The van der Waals surface area contributed by atoms with Crippen LogP contribution >= 0.6 is 11.3 Å². The number of anilines is 1. The largest absolute Gasteiger partial charge is 0.497 e. The van der Waals surface area contributed by atoms with Gasteiger partial charge in [0.25, 0.3) is 5.91 Å². The molecule has 0 saturated heterocycles. The number of imidazole rings is 1. The third kappa shape index (κ3) is 3.18. The maximum absolute atomic E-state index is 13.3. The molecule has 2 heterocycles. The Morgan fingerprint density at radius 2 is 1.93 bits per heavy atom. The summed E-state index contributed by atoms with van der Waals surface area (Å²) in [6, 6.07) is 11.0. The molecule has 142 valence electrons. The SMILES string of the molecule is COc1ccc(OC)c(C(=O)Nc2c(-c3ccc(F)cc3)nc3sccn23)c1. The van der Waals surface area contributed by atoms with E-state index < -0.39 is 0 Å². The van der Waals surface area contributed by atoms with Crippen molar-refractivity contribution in [1.29, 1.82) is 0 Å². The van der Waals surface area contributed by atoms with Crippen molar-refractivity contribution >= 4 is 28.0 Å². The Balaban J connectivity index is 1.77. The van der Waals surface area contributed by atoms with Crippen molar-refractivity contribution in [2.75, 3.05) is 19.5 Å². The van der Waals surface area contributed by atoms with Crippen molar-refractivity contribution in [3.05, 3.63) is 65.4 Å². The predicted molar refractivity (Wildman–Crippen MR) is 106 cm³/mol. The zero-order valence-electron chi connectivity index (χ0n) is 15.1. The van der Waals surface area contributed by atoms with Crippen molar-refractivity contribution in [3.63, 3.8) is 0 Å². The van der Waals surface area contributed by atoms with E-state index in [2.05, 4.69) is 10.3 Å². The van der Waals surface area contributed by atoms with Gasteiger partial charge in [-0.2, -0.15) is 0 Å². The number of hydrogen-bond donors (Lipinski definition) is 1. The molecule has 8 heteroatoms. The van der Waals surface area contributed by atoms with E-state index in [0.717, 1.165) is 0 Å². The molecule has 0 radical (unpaired) electrons. The number of nitrogens with zero attached hydrogens (tertiary/aromatic N) is 2. The van der Waals surface area contributed by atoms with E-state index in [1.165, 1.54) is 37.7 Å². The number of rotatable bonds is 5. The molecule has 2 aromatic heterocycles. The van der Waals surface area contributed by atoms with Crippen LogP contribution in [0, 0.1) is 5.82 Å². The Kier molecular flexibility index (Phi) is 4.70. The minimum absolute atomic E-state index is 0.331. The summed E-state index contributed by atoms with van der Waals surface area (Å²) >= 11 is 1.44. The van der Waals surface area contributed by atoms with Crippen LogP contribution in [-0.2, 0) is 0 Å². The van der Waals surface area contributed by atoms with E-state index >= 15 is 0 Å². The summed E-state index contributed by atoms with van der Waals surface area (Å²) in [5, 5.41) is 4.79. The normalized spacial score (nSPS) is 10.8. The highest BCUT2D eigenvalue weighted by Crippen LogP contribution is 2.32. The molecule has 4 rings (SSSR count). The summed E-state index contributed by atoms with van der Waals surface area (Å²) in [5.41, 5.74) is 1.59. The number of hydrogen-bond acceptors (Lipinski definition) is 5. The Morgan fingerprint density at radius 3 is 2.64 bits per heavy atom. The van der Waals surface area contributed by atoms with E-state index in [4.69, 9.17) is 9.47 Å². The van der Waals surface area contributed by atoms with Crippen molar-refractivity contribution in [1.82, 2.24) is 9.38 Å². The summed E-state index contributed by atoms with van der Waals surface area (Å²) in [6.45, 7) is 0. The van der Waals surface area contributed by atoms with Crippen LogP contribution < -0.4 is 14.8 Å². The van der Waals surface area contributed by atoms with Crippen molar-refractivity contribution < 1.29 is 18.7 Å². The first-order valence-electron chi connectivity index (χ1n) is 8.35. The van der Waals surface area contributed by atoms with Gasteiger partial charge >= 0.3 is 0 Å².